The van der Waals surface area contributed by atoms with Gasteiger partial charge in [0.2, 0.25) is 0 Å². The molecule has 35 heavy (non-hydrogen) atoms. The summed E-state index contributed by atoms with van der Waals surface area (Å²) in [6, 6.07) is 4.13. The number of benzene rings is 1. The first-order valence-electron chi connectivity index (χ1n) is 13.3. The Kier molecular flexibility index (Phi) is 9.11. The number of allylic oxidation sites excluding steroid dienone is 6. The average Bonchev–Trinajstić information content (AvgIpc) is 3.55. The molecule has 0 atom stereocenters. The van der Waals surface area contributed by atoms with Gasteiger partial charge in [0.1, 0.15) is 0 Å². The highest BCUT2D eigenvalue weighted by molar-refractivity contribution is 5.52. The van der Waals surface area contributed by atoms with E-state index >= 15 is 0 Å². The lowest BCUT2D eigenvalue weighted by Crippen LogP contribution is -2.20. The molecule has 0 aliphatic heterocycles. The van der Waals surface area contributed by atoms with Crippen LogP contribution in [0.1, 0.15) is 95.2 Å². The Bertz CT molecular complexity index is 1020. The van der Waals surface area contributed by atoms with Crippen LogP contribution in [0.2, 0.25) is 0 Å². The largest absolute Gasteiger partial charge is 0.416 e. The number of aryl methyl sites for hydroxylation is 1. The molecule has 2 saturated carbocycles. The topological polar surface area (TPSA) is 0 Å². The SMILES string of the molecule is C=C=C(CCc1ccc(C(F)(F)F)cc1CC=C)C(/C(C)=C/CCC)=C(\C1CC1)C1(C)CCCC1. The number of unbranched alkanes of at least 4 members (excludes halogenated alkanes) is 1. The summed E-state index contributed by atoms with van der Waals surface area (Å²) in [4.78, 5) is 0. The zero-order valence-corrected chi connectivity index (χ0v) is 21.8. The summed E-state index contributed by atoms with van der Waals surface area (Å²) in [5.74, 6) is 0.642. The quantitative estimate of drug-likeness (QED) is 0.167. The molecule has 3 rings (SSSR count). The molecule has 0 spiro atoms. The molecule has 3 heteroatoms. The van der Waals surface area contributed by atoms with Crippen molar-refractivity contribution in [1.82, 2.24) is 0 Å². The Morgan fingerprint density at radius 2 is 1.86 bits per heavy atom. The van der Waals surface area contributed by atoms with Gasteiger partial charge in [-0.15, -0.1) is 12.3 Å². The second kappa shape index (κ2) is 11.7. The van der Waals surface area contributed by atoms with Gasteiger partial charge in [0.05, 0.1) is 5.56 Å². The number of hydrogen-bond donors (Lipinski definition) is 0. The summed E-state index contributed by atoms with van der Waals surface area (Å²) in [5, 5.41) is 0. The second-order valence-corrected chi connectivity index (χ2v) is 10.6. The predicted molar refractivity (Wildman–Crippen MR) is 141 cm³/mol. The predicted octanol–water partition coefficient (Wildman–Crippen LogP) is 10.1. The van der Waals surface area contributed by atoms with Crippen LogP contribution in [0.15, 0.2) is 71.5 Å². The van der Waals surface area contributed by atoms with Gasteiger partial charge in [-0.05, 0) is 104 Å². The number of hydrogen-bond acceptors (Lipinski definition) is 0. The van der Waals surface area contributed by atoms with Crippen LogP contribution in [0, 0.1) is 11.3 Å². The van der Waals surface area contributed by atoms with Gasteiger partial charge in [0, 0.05) is 5.57 Å². The zero-order valence-electron chi connectivity index (χ0n) is 21.8. The molecule has 0 bridgehead atoms. The van der Waals surface area contributed by atoms with Crippen LogP contribution in [0.5, 0.6) is 0 Å². The van der Waals surface area contributed by atoms with Gasteiger partial charge in [0.25, 0.3) is 0 Å². The summed E-state index contributed by atoms with van der Waals surface area (Å²) in [5.41, 5.74) is 9.94. The molecule has 2 aliphatic rings. The van der Waals surface area contributed by atoms with E-state index in [9.17, 15) is 13.2 Å². The third-order valence-electron chi connectivity index (χ3n) is 7.80. The van der Waals surface area contributed by atoms with E-state index in [1.807, 2.05) is 0 Å². The van der Waals surface area contributed by atoms with Crippen molar-refractivity contribution in [1.29, 1.82) is 0 Å². The van der Waals surface area contributed by atoms with Crippen LogP contribution >= 0.6 is 0 Å². The van der Waals surface area contributed by atoms with Crippen molar-refractivity contribution >= 4 is 0 Å². The normalized spacial score (nSPS) is 18.7. The number of halogens is 3. The lowest BCUT2D eigenvalue weighted by molar-refractivity contribution is -0.137. The average molecular weight is 483 g/mol. The van der Waals surface area contributed by atoms with E-state index in [-0.39, 0.29) is 5.41 Å². The fraction of sp³-hybridized carbons (Fsp3) is 0.531. The summed E-state index contributed by atoms with van der Waals surface area (Å²) < 4.78 is 39.9. The van der Waals surface area contributed by atoms with Gasteiger partial charge >= 0.3 is 6.18 Å². The van der Waals surface area contributed by atoms with E-state index in [2.05, 4.69) is 45.7 Å². The zero-order chi connectivity index (χ0) is 25.6. The Balaban J connectivity index is 2.00. The molecule has 190 valence electrons. The molecule has 1 aromatic rings. The van der Waals surface area contributed by atoms with Crippen LogP contribution in [-0.2, 0) is 19.0 Å². The molecule has 0 N–H and O–H groups in total. The van der Waals surface area contributed by atoms with Gasteiger partial charge in [-0.25, -0.2) is 0 Å². The van der Waals surface area contributed by atoms with Crippen molar-refractivity contribution in [2.75, 3.05) is 0 Å². The number of alkyl halides is 3. The fourth-order valence-corrected chi connectivity index (χ4v) is 5.82. The van der Waals surface area contributed by atoms with Crippen molar-refractivity contribution in [2.24, 2.45) is 11.3 Å². The molecule has 2 aliphatic carbocycles. The Morgan fingerprint density at radius 3 is 2.40 bits per heavy atom. The molecule has 0 amide bonds. The van der Waals surface area contributed by atoms with Gasteiger partial charge < -0.3 is 0 Å². The van der Waals surface area contributed by atoms with Crippen molar-refractivity contribution in [3.63, 3.8) is 0 Å². The summed E-state index contributed by atoms with van der Waals surface area (Å²) >= 11 is 0. The highest BCUT2D eigenvalue weighted by Gasteiger charge is 2.42. The van der Waals surface area contributed by atoms with Crippen LogP contribution in [0.4, 0.5) is 13.2 Å². The maximum atomic E-state index is 13.3. The van der Waals surface area contributed by atoms with Crippen LogP contribution in [-0.4, -0.2) is 0 Å². The van der Waals surface area contributed by atoms with Gasteiger partial charge in [-0.1, -0.05) is 63.5 Å². The Morgan fingerprint density at radius 1 is 1.17 bits per heavy atom. The van der Waals surface area contributed by atoms with E-state index in [0.29, 0.717) is 24.3 Å². The smallest absolute Gasteiger partial charge is 0.166 e. The Hall–Kier alpha value is -2.25. The highest BCUT2D eigenvalue weighted by Crippen LogP contribution is 2.55. The molecule has 2 fully saturated rings. The van der Waals surface area contributed by atoms with E-state index in [1.165, 1.54) is 61.8 Å². The third kappa shape index (κ3) is 6.70. The molecule has 0 nitrogen and oxygen atoms in total. The highest BCUT2D eigenvalue weighted by atomic mass is 19.4. The molecule has 1 aromatic carbocycles. The van der Waals surface area contributed by atoms with E-state index in [1.54, 1.807) is 17.7 Å². The number of rotatable bonds is 11. The lowest BCUT2D eigenvalue weighted by atomic mass is 9.72. The molecule has 0 radical (unpaired) electrons. The van der Waals surface area contributed by atoms with E-state index in [4.69, 9.17) is 0 Å². The van der Waals surface area contributed by atoms with Crippen LogP contribution < -0.4 is 0 Å². The lowest BCUT2D eigenvalue weighted by Gasteiger charge is -2.32. The maximum absolute atomic E-state index is 13.3. The minimum Gasteiger partial charge on any atom is -0.166 e. The monoisotopic (exact) mass is 482 g/mol. The van der Waals surface area contributed by atoms with Gasteiger partial charge in [0.15, 0.2) is 0 Å². The molecule has 0 saturated heterocycles. The minimum absolute atomic E-state index is 0.224. The van der Waals surface area contributed by atoms with Gasteiger partial charge in [-0.3, -0.25) is 0 Å². The second-order valence-electron chi connectivity index (χ2n) is 10.6. The van der Waals surface area contributed by atoms with E-state index in [0.717, 1.165) is 30.4 Å². The minimum atomic E-state index is -4.34. The molecule has 0 heterocycles. The first-order valence-corrected chi connectivity index (χ1v) is 13.3. The van der Waals surface area contributed by atoms with Crippen LogP contribution in [0.3, 0.4) is 0 Å². The van der Waals surface area contributed by atoms with Crippen LogP contribution in [0.25, 0.3) is 0 Å². The first kappa shape index (κ1) is 27.3. The van der Waals surface area contributed by atoms with Gasteiger partial charge in [-0.2, -0.15) is 13.2 Å². The van der Waals surface area contributed by atoms with Crippen molar-refractivity contribution in [3.05, 3.63) is 88.2 Å². The third-order valence-corrected chi connectivity index (χ3v) is 7.80. The molecule has 0 aromatic heterocycles. The first-order chi connectivity index (χ1) is 16.6. The standard InChI is InChI=1S/C32H41F3/c1-6-9-13-23(4)29(30(26-16-17-26)31(5)20-10-11-21-31)24(8-3)14-15-25-18-19-28(32(33,34)35)22-27(25)12-7-2/h7,13,18-19,22,26H,2-3,6,9-12,14-17,20-21H2,1,4-5H3/b23-13+,30-29+. The fourth-order valence-electron chi connectivity index (χ4n) is 5.82. The molecular formula is C32H41F3. The summed E-state index contributed by atoms with van der Waals surface area (Å²) in [6.07, 6.45) is 11.2. The maximum Gasteiger partial charge on any atom is 0.416 e. The van der Waals surface area contributed by atoms with Crippen molar-refractivity contribution in [3.8, 4) is 0 Å². The summed E-state index contributed by atoms with van der Waals surface area (Å²) in [7, 11) is 0. The summed E-state index contributed by atoms with van der Waals surface area (Å²) in [6.45, 7) is 14.7. The Labute approximate surface area is 210 Å². The van der Waals surface area contributed by atoms with Crippen molar-refractivity contribution < 1.29 is 13.2 Å². The molecular weight excluding hydrogens is 441 g/mol. The molecule has 0 unspecified atom stereocenters. The van der Waals surface area contributed by atoms with Crippen molar-refractivity contribution in [2.45, 2.75) is 97.6 Å². The van der Waals surface area contributed by atoms with E-state index < -0.39 is 11.7 Å².